The lowest BCUT2D eigenvalue weighted by atomic mass is 10.0. The zero-order valence-electron chi connectivity index (χ0n) is 8.93. The van der Waals surface area contributed by atoms with E-state index in [4.69, 9.17) is 5.21 Å². The Labute approximate surface area is 94.5 Å². The van der Waals surface area contributed by atoms with Crippen LogP contribution in [-0.4, -0.2) is 10.9 Å². The molecular formula is C14H13NO. The van der Waals surface area contributed by atoms with E-state index in [0.29, 0.717) is 12.1 Å². The fraction of sp³-hybridized carbons (Fsp3) is 0.0714. The van der Waals surface area contributed by atoms with Crippen LogP contribution in [0, 0.1) is 0 Å². The third-order valence-corrected chi connectivity index (χ3v) is 2.54. The van der Waals surface area contributed by atoms with Crippen LogP contribution in [-0.2, 0) is 0 Å². The molecule has 0 unspecified atom stereocenters. The first-order valence-corrected chi connectivity index (χ1v) is 5.16. The second-order valence-electron chi connectivity index (χ2n) is 3.60. The maximum absolute atomic E-state index is 8.92. The Balaban J connectivity index is 2.50. The number of rotatable bonds is 3. The van der Waals surface area contributed by atoms with E-state index in [1.165, 1.54) is 5.39 Å². The normalized spacial score (nSPS) is 11.6. The van der Waals surface area contributed by atoms with Crippen LogP contribution in [0.2, 0.25) is 0 Å². The van der Waals surface area contributed by atoms with E-state index < -0.39 is 0 Å². The predicted octanol–water partition coefficient (Wildman–Crippen LogP) is 3.59. The number of benzene rings is 2. The first-order chi connectivity index (χ1) is 7.85. The van der Waals surface area contributed by atoms with E-state index in [1.54, 1.807) is 6.08 Å². The molecule has 1 N–H and O–H groups in total. The third-order valence-electron chi connectivity index (χ3n) is 2.54. The maximum Gasteiger partial charge on any atom is 0.0905 e. The van der Waals surface area contributed by atoms with Crippen LogP contribution in [0.15, 0.2) is 60.3 Å². The molecule has 0 aliphatic heterocycles. The van der Waals surface area contributed by atoms with E-state index in [9.17, 15) is 0 Å². The van der Waals surface area contributed by atoms with Gasteiger partial charge in [0.25, 0.3) is 0 Å². The molecule has 0 amide bonds. The summed E-state index contributed by atoms with van der Waals surface area (Å²) in [6.45, 7) is 3.64. The van der Waals surface area contributed by atoms with E-state index in [-0.39, 0.29) is 0 Å². The van der Waals surface area contributed by atoms with E-state index in [1.807, 2.05) is 36.4 Å². The molecule has 16 heavy (non-hydrogen) atoms. The largest absolute Gasteiger partial charge is 0.411 e. The first-order valence-electron chi connectivity index (χ1n) is 5.16. The molecule has 0 bridgehead atoms. The maximum atomic E-state index is 8.92. The van der Waals surface area contributed by atoms with Crippen LogP contribution >= 0.6 is 0 Å². The summed E-state index contributed by atoms with van der Waals surface area (Å²) < 4.78 is 0. The van der Waals surface area contributed by atoms with Crippen molar-refractivity contribution in [2.24, 2.45) is 5.16 Å². The zero-order valence-corrected chi connectivity index (χ0v) is 8.93. The van der Waals surface area contributed by atoms with Gasteiger partial charge in [0.15, 0.2) is 0 Å². The number of oxime groups is 1. The molecule has 2 aromatic rings. The van der Waals surface area contributed by atoms with Crippen molar-refractivity contribution in [3.8, 4) is 0 Å². The van der Waals surface area contributed by atoms with Crippen LogP contribution < -0.4 is 0 Å². The summed E-state index contributed by atoms with van der Waals surface area (Å²) in [6.07, 6.45) is 2.29. The number of hydrogen-bond donors (Lipinski definition) is 1. The van der Waals surface area contributed by atoms with Crippen LogP contribution in [0.3, 0.4) is 0 Å². The van der Waals surface area contributed by atoms with E-state index in [2.05, 4.69) is 17.8 Å². The summed E-state index contributed by atoms with van der Waals surface area (Å²) in [7, 11) is 0. The van der Waals surface area contributed by atoms with Crippen molar-refractivity contribution in [2.75, 3.05) is 0 Å². The first kappa shape index (κ1) is 10.4. The summed E-state index contributed by atoms with van der Waals surface area (Å²) in [6, 6.07) is 14.1. The molecule has 2 nitrogen and oxygen atoms in total. The number of hydrogen-bond acceptors (Lipinski definition) is 2. The Morgan fingerprint density at radius 3 is 2.62 bits per heavy atom. The third kappa shape index (κ3) is 1.96. The molecule has 0 saturated carbocycles. The fourth-order valence-corrected chi connectivity index (χ4v) is 1.72. The Morgan fingerprint density at radius 1 is 1.19 bits per heavy atom. The van der Waals surface area contributed by atoms with Gasteiger partial charge in [0, 0.05) is 12.0 Å². The molecule has 2 aromatic carbocycles. The summed E-state index contributed by atoms with van der Waals surface area (Å²) in [5.74, 6) is 0. The molecule has 2 rings (SSSR count). The second-order valence-corrected chi connectivity index (χ2v) is 3.60. The molecule has 0 aliphatic rings. The zero-order chi connectivity index (χ0) is 11.4. The van der Waals surface area contributed by atoms with Gasteiger partial charge in [-0.3, -0.25) is 0 Å². The molecule has 2 heteroatoms. The molecule has 0 heterocycles. The lowest BCUT2D eigenvalue weighted by molar-refractivity contribution is 0.318. The smallest absolute Gasteiger partial charge is 0.0905 e. The minimum atomic E-state index is 0.564. The summed E-state index contributed by atoms with van der Waals surface area (Å²) in [4.78, 5) is 0. The fourth-order valence-electron chi connectivity index (χ4n) is 1.72. The monoisotopic (exact) mass is 211 g/mol. The minimum Gasteiger partial charge on any atom is -0.411 e. The second kappa shape index (κ2) is 4.62. The molecule has 0 atom stereocenters. The average Bonchev–Trinajstić information content (AvgIpc) is 2.35. The highest BCUT2D eigenvalue weighted by atomic mass is 16.4. The highest BCUT2D eigenvalue weighted by Gasteiger charge is 2.03. The van der Waals surface area contributed by atoms with Crippen molar-refractivity contribution in [3.63, 3.8) is 0 Å². The van der Waals surface area contributed by atoms with Gasteiger partial charge in [-0.25, -0.2) is 0 Å². The average molecular weight is 211 g/mol. The van der Waals surface area contributed by atoms with Gasteiger partial charge in [0.05, 0.1) is 5.71 Å². The Hall–Kier alpha value is -2.09. The summed E-state index contributed by atoms with van der Waals surface area (Å²) >= 11 is 0. The lowest BCUT2D eigenvalue weighted by Gasteiger charge is -2.03. The predicted molar refractivity (Wildman–Crippen MR) is 67.1 cm³/mol. The van der Waals surface area contributed by atoms with Crippen molar-refractivity contribution in [1.82, 2.24) is 0 Å². The lowest BCUT2D eigenvalue weighted by Crippen LogP contribution is -1.98. The molecule has 0 aromatic heterocycles. The quantitative estimate of drug-likeness (QED) is 0.358. The van der Waals surface area contributed by atoms with Gasteiger partial charge < -0.3 is 5.21 Å². The van der Waals surface area contributed by atoms with E-state index >= 15 is 0 Å². The molecule has 0 saturated heterocycles. The standard InChI is InChI=1S/C14H13NO/c1-2-5-14(15-16)13-9-8-11-6-3-4-7-12(11)10-13/h2-4,6-10,16H,1,5H2/b15-14-. The SMILES string of the molecule is C=CC/C(=N/O)c1ccc2ccccc2c1. The van der Waals surface area contributed by atoms with Gasteiger partial charge in [-0.1, -0.05) is 47.6 Å². The topological polar surface area (TPSA) is 32.6 Å². The van der Waals surface area contributed by atoms with Crippen molar-refractivity contribution in [2.45, 2.75) is 6.42 Å². The van der Waals surface area contributed by atoms with E-state index in [0.717, 1.165) is 10.9 Å². The van der Waals surface area contributed by atoms with Crippen molar-refractivity contribution in [3.05, 3.63) is 60.7 Å². The number of nitrogens with zero attached hydrogens (tertiary/aromatic N) is 1. The molecule has 0 aliphatic carbocycles. The molecule has 0 fully saturated rings. The number of fused-ring (bicyclic) bond motifs is 1. The molecule has 80 valence electrons. The Bertz CT molecular complexity index is 543. The van der Waals surface area contributed by atoms with Crippen molar-refractivity contribution < 1.29 is 5.21 Å². The highest BCUT2D eigenvalue weighted by molar-refractivity contribution is 6.03. The van der Waals surface area contributed by atoms with Gasteiger partial charge in [0.1, 0.15) is 0 Å². The van der Waals surface area contributed by atoms with Gasteiger partial charge in [-0.15, -0.1) is 6.58 Å². The van der Waals surface area contributed by atoms with Crippen LogP contribution in [0.25, 0.3) is 10.8 Å². The van der Waals surface area contributed by atoms with Gasteiger partial charge >= 0.3 is 0 Å². The van der Waals surface area contributed by atoms with Crippen LogP contribution in [0.1, 0.15) is 12.0 Å². The molecule has 0 radical (unpaired) electrons. The molecular weight excluding hydrogens is 198 g/mol. The minimum absolute atomic E-state index is 0.564. The number of allylic oxidation sites excluding steroid dienone is 1. The highest BCUT2D eigenvalue weighted by Crippen LogP contribution is 2.17. The van der Waals surface area contributed by atoms with Crippen LogP contribution in [0.4, 0.5) is 0 Å². The summed E-state index contributed by atoms with van der Waals surface area (Å²) in [5, 5.41) is 14.5. The van der Waals surface area contributed by atoms with Crippen molar-refractivity contribution in [1.29, 1.82) is 0 Å². The molecule has 0 spiro atoms. The van der Waals surface area contributed by atoms with Gasteiger partial charge in [-0.05, 0) is 16.8 Å². The van der Waals surface area contributed by atoms with Gasteiger partial charge in [0.2, 0.25) is 0 Å². The Kier molecular flexibility index (Phi) is 3.01. The summed E-state index contributed by atoms with van der Waals surface area (Å²) in [5.41, 5.74) is 1.57. The van der Waals surface area contributed by atoms with Gasteiger partial charge in [-0.2, -0.15) is 0 Å². The Morgan fingerprint density at radius 2 is 1.94 bits per heavy atom. The van der Waals surface area contributed by atoms with Crippen molar-refractivity contribution >= 4 is 16.5 Å². The van der Waals surface area contributed by atoms with Crippen LogP contribution in [0.5, 0.6) is 0 Å².